The molecule has 0 bridgehead atoms. The average molecular weight is 797 g/mol. The lowest BCUT2D eigenvalue weighted by Crippen LogP contribution is -2.52. The molecule has 2 aliphatic carbocycles. The summed E-state index contributed by atoms with van der Waals surface area (Å²) in [5.41, 5.74) is 0.418. The summed E-state index contributed by atoms with van der Waals surface area (Å²) >= 11 is 0. The van der Waals surface area contributed by atoms with Crippen molar-refractivity contribution in [2.24, 2.45) is 11.3 Å². The molecule has 0 radical (unpaired) electrons. The van der Waals surface area contributed by atoms with Crippen LogP contribution in [0.25, 0.3) is 0 Å². The Kier molecular flexibility index (Phi) is 9.90. The number of benzene rings is 2. The topological polar surface area (TPSA) is 195 Å². The molecule has 2 aromatic carbocycles. The summed E-state index contributed by atoms with van der Waals surface area (Å²) in [6.45, 7) is 0.447. The minimum absolute atomic E-state index is 0.0199. The molecular formula is C38H44N4O11S2. The SMILES string of the molecule is O=C1C[C@]2(C(=O)NS(=O)(=O)C3CC3)C[C@H]2/C=C\CCCCC[C@H](NS(=O)(=O)c2ccccc2)C(=O)N2C[C@H](OC(=O)N3Cc4cc5c(cc4C3)OCO5)C[C@@H]12. The number of allylic oxidation sites excluding steroid dienone is 2. The van der Waals surface area contributed by atoms with Gasteiger partial charge in [0.15, 0.2) is 17.3 Å². The smallest absolute Gasteiger partial charge is 0.410 e. The van der Waals surface area contributed by atoms with E-state index >= 15 is 0 Å². The largest absolute Gasteiger partial charge is 0.454 e. The minimum atomic E-state index is -4.15. The van der Waals surface area contributed by atoms with Crippen LogP contribution in [0.5, 0.6) is 11.5 Å². The fourth-order valence-corrected chi connectivity index (χ4v) is 10.8. The predicted molar refractivity (Wildman–Crippen MR) is 195 cm³/mol. The number of carbonyl (C=O) groups is 4. The van der Waals surface area contributed by atoms with Crippen molar-refractivity contribution in [2.75, 3.05) is 13.3 Å². The highest BCUT2D eigenvalue weighted by molar-refractivity contribution is 7.91. The molecule has 1 saturated heterocycles. The molecule has 294 valence electrons. The zero-order chi connectivity index (χ0) is 38.5. The van der Waals surface area contributed by atoms with Gasteiger partial charge in [0.05, 0.1) is 28.1 Å². The summed E-state index contributed by atoms with van der Waals surface area (Å²) in [4.78, 5) is 59.0. The lowest BCUT2D eigenvalue weighted by Gasteiger charge is -2.29. The van der Waals surface area contributed by atoms with Crippen molar-refractivity contribution in [3.63, 3.8) is 0 Å². The fraction of sp³-hybridized carbons (Fsp3) is 0.526. The number of amides is 3. The molecule has 2 saturated carbocycles. The number of hydrogen-bond donors (Lipinski definition) is 2. The summed E-state index contributed by atoms with van der Waals surface area (Å²) in [5, 5.41) is -0.639. The Morgan fingerprint density at radius 1 is 0.909 bits per heavy atom. The molecule has 0 spiro atoms. The first-order chi connectivity index (χ1) is 26.3. The maximum absolute atomic E-state index is 14.5. The first-order valence-electron chi connectivity index (χ1n) is 18.8. The Hall–Kier alpha value is -4.48. The number of hydrogen-bond acceptors (Lipinski definition) is 11. The van der Waals surface area contributed by atoms with Gasteiger partial charge in [-0.3, -0.25) is 24.0 Å². The van der Waals surface area contributed by atoms with E-state index in [4.69, 9.17) is 14.2 Å². The third-order valence-electron chi connectivity index (χ3n) is 11.5. The molecule has 0 unspecified atom stereocenters. The average Bonchev–Trinajstić information content (AvgIpc) is 3.97. The molecule has 3 amide bonds. The van der Waals surface area contributed by atoms with E-state index in [9.17, 15) is 36.0 Å². The maximum Gasteiger partial charge on any atom is 0.410 e. The van der Waals surface area contributed by atoms with Crippen LogP contribution >= 0.6 is 0 Å². The molecule has 3 fully saturated rings. The molecule has 0 aromatic heterocycles. The van der Waals surface area contributed by atoms with Crippen molar-refractivity contribution in [2.45, 2.75) is 106 Å². The summed E-state index contributed by atoms with van der Waals surface area (Å²) in [5.74, 6) is -1.08. The van der Waals surface area contributed by atoms with Gasteiger partial charge in [0.25, 0.3) is 0 Å². The maximum atomic E-state index is 14.5. The van der Waals surface area contributed by atoms with Crippen LogP contribution in [0.3, 0.4) is 0 Å². The van der Waals surface area contributed by atoms with Gasteiger partial charge in [0.2, 0.25) is 38.7 Å². The second-order valence-corrected chi connectivity index (χ2v) is 19.1. The highest BCUT2D eigenvalue weighted by Crippen LogP contribution is 2.57. The van der Waals surface area contributed by atoms with Crippen LogP contribution < -0.4 is 18.9 Å². The Balaban J connectivity index is 1.06. The van der Waals surface area contributed by atoms with Gasteiger partial charge in [0.1, 0.15) is 12.1 Å². The first kappa shape index (κ1) is 37.4. The second kappa shape index (κ2) is 14.5. The monoisotopic (exact) mass is 796 g/mol. The molecule has 17 heteroatoms. The Morgan fingerprint density at radius 2 is 1.62 bits per heavy atom. The van der Waals surface area contributed by atoms with Crippen molar-refractivity contribution in [3.8, 4) is 11.5 Å². The molecule has 8 rings (SSSR count). The number of carbonyl (C=O) groups excluding carboxylic acids is 4. The number of fused-ring (bicyclic) bond motifs is 4. The third kappa shape index (κ3) is 7.70. The normalized spacial score (nSPS) is 28.7. The van der Waals surface area contributed by atoms with Gasteiger partial charge in [-0.25, -0.2) is 21.6 Å². The lowest BCUT2D eigenvalue weighted by molar-refractivity contribution is -0.140. The first-order valence-corrected chi connectivity index (χ1v) is 21.9. The highest BCUT2D eigenvalue weighted by atomic mass is 32.2. The van der Waals surface area contributed by atoms with Crippen molar-refractivity contribution < 1.29 is 50.2 Å². The predicted octanol–water partition coefficient (Wildman–Crippen LogP) is 3.28. The van der Waals surface area contributed by atoms with Crippen LogP contribution in [-0.2, 0) is 52.3 Å². The Labute approximate surface area is 319 Å². The van der Waals surface area contributed by atoms with E-state index in [2.05, 4.69) is 9.44 Å². The van der Waals surface area contributed by atoms with Crippen molar-refractivity contribution in [3.05, 3.63) is 65.7 Å². The highest BCUT2D eigenvalue weighted by Gasteiger charge is 2.61. The van der Waals surface area contributed by atoms with Crippen LogP contribution in [-0.4, -0.2) is 87.1 Å². The van der Waals surface area contributed by atoms with Gasteiger partial charge in [-0.2, -0.15) is 4.72 Å². The quantitative estimate of drug-likeness (QED) is 0.391. The van der Waals surface area contributed by atoms with Gasteiger partial charge < -0.3 is 19.1 Å². The number of ether oxygens (including phenoxy) is 3. The Bertz CT molecular complexity index is 2110. The zero-order valence-corrected chi connectivity index (χ0v) is 31.8. The molecule has 4 heterocycles. The van der Waals surface area contributed by atoms with Crippen molar-refractivity contribution in [1.29, 1.82) is 0 Å². The molecule has 4 aliphatic heterocycles. The third-order valence-corrected chi connectivity index (χ3v) is 14.8. The Morgan fingerprint density at radius 3 is 2.31 bits per heavy atom. The number of ketones is 1. The van der Waals surface area contributed by atoms with E-state index in [0.29, 0.717) is 43.6 Å². The summed E-state index contributed by atoms with van der Waals surface area (Å²) in [6, 6.07) is 8.94. The van der Waals surface area contributed by atoms with E-state index in [1.165, 1.54) is 21.9 Å². The number of nitrogens with zero attached hydrogens (tertiary/aromatic N) is 2. The van der Waals surface area contributed by atoms with Gasteiger partial charge in [-0.1, -0.05) is 43.2 Å². The molecule has 15 nitrogen and oxygen atoms in total. The van der Waals surface area contributed by atoms with E-state index < -0.39 is 72.6 Å². The van der Waals surface area contributed by atoms with Crippen LogP contribution in [0.15, 0.2) is 59.5 Å². The molecule has 5 atom stereocenters. The number of rotatable bonds is 7. The second-order valence-electron chi connectivity index (χ2n) is 15.4. The zero-order valence-electron chi connectivity index (χ0n) is 30.2. The molecule has 55 heavy (non-hydrogen) atoms. The standard InChI is InChI=1S/C38H44N4O11S2/c43-32-19-38(36(45)40-55(49,50)29-13-14-29)18-26(38)9-5-2-1-3-8-12-30(39-54(47,48)28-10-6-4-7-11-28)35(44)42-22-27(17-31(32)42)53-37(46)41-20-24-15-33-34(52-23-51-33)16-25(24)21-41/h4-7,9-11,15-16,26-27,29-31,39H,1-3,8,12-14,17-23H2,(H,40,45)/b9-5-/t26-,27-,30+,31+,38-/m1/s1. The summed E-state index contributed by atoms with van der Waals surface area (Å²) < 4.78 is 74.5. The van der Waals surface area contributed by atoms with Crippen LogP contribution in [0.2, 0.25) is 0 Å². The van der Waals surface area contributed by atoms with E-state index in [1.807, 2.05) is 24.3 Å². The molecule has 6 aliphatic rings. The van der Waals surface area contributed by atoms with E-state index in [-0.39, 0.29) is 62.9 Å². The van der Waals surface area contributed by atoms with Crippen LogP contribution in [0.4, 0.5) is 4.79 Å². The van der Waals surface area contributed by atoms with E-state index in [1.54, 1.807) is 18.2 Å². The fourth-order valence-electron chi connectivity index (χ4n) is 8.15. The minimum Gasteiger partial charge on any atom is -0.454 e. The van der Waals surface area contributed by atoms with Gasteiger partial charge in [-0.05, 0) is 79.8 Å². The lowest BCUT2D eigenvalue weighted by atomic mass is 9.91. The number of nitrogens with one attached hydrogen (secondary N) is 2. The van der Waals surface area contributed by atoms with Crippen LogP contribution in [0.1, 0.15) is 75.3 Å². The number of sulfonamides is 2. The molecule has 2 aromatic rings. The van der Waals surface area contributed by atoms with Gasteiger partial charge in [-0.15, -0.1) is 0 Å². The van der Waals surface area contributed by atoms with Crippen molar-refractivity contribution >= 4 is 43.7 Å². The summed E-state index contributed by atoms with van der Waals surface area (Å²) in [7, 11) is -8.05. The van der Waals surface area contributed by atoms with Gasteiger partial charge >= 0.3 is 6.09 Å². The van der Waals surface area contributed by atoms with Crippen molar-refractivity contribution in [1.82, 2.24) is 19.2 Å². The number of Topliss-reactive ketones (excluding diaryl/α,β-unsaturated/α-hetero) is 1. The van der Waals surface area contributed by atoms with Crippen LogP contribution in [0, 0.1) is 11.3 Å². The summed E-state index contributed by atoms with van der Waals surface area (Å²) in [6.07, 6.45) is 5.72. The molecule has 2 N–H and O–H groups in total. The van der Waals surface area contributed by atoms with E-state index in [0.717, 1.165) is 17.5 Å². The van der Waals surface area contributed by atoms with Gasteiger partial charge in [0, 0.05) is 25.9 Å². The molecular weight excluding hydrogens is 753 g/mol.